The molecule has 0 bridgehead atoms. The van der Waals surface area contributed by atoms with Crippen LogP contribution in [0.5, 0.6) is 5.75 Å². The second kappa shape index (κ2) is 4.56. The van der Waals surface area contributed by atoms with E-state index >= 15 is 0 Å². The number of rotatable bonds is 3. The van der Waals surface area contributed by atoms with Gasteiger partial charge in [-0.1, -0.05) is 0 Å². The third-order valence-electron chi connectivity index (χ3n) is 2.41. The first-order valence-corrected chi connectivity index (χ1v) is 5.13. The first kappa shape index (κ1) is 12.2. The predicted octanol–water partition coefficient (Wildman–Crippen LogP) is 2.36. The maximum Gasteiger partial charge on any atom is 0.344 e. The predicted molar refractivity (Wildman–Crippen MR) is 59.4 cm³/mol. The molecule has 4 nitrogen and oxygen atoms in total. The van der Waals surface area contributed by atoms with E-state index in [0.29, 0.717) is 0 Å². The van der Waals surface area contributed by atoms with Gasteiger partial charge in [0.05, 0.1) is 5.39 Å². The Morgan fingerprint density at radius 2 is 2.00 bits per heavy atom. The highest BCUT2D eigenvalue weighted by molar-refractivity contribution is 5.86. The van der Waals surface area contributed by atoms with E-state index in [4.69, 9.17) is 9.84 Å². The number of carboxylic acids is 1. The van der Waals surface area contributed by atoms with Gasteiger partial charge in [0, 0.05) is 6.20 Å². The number of hydrogen-bond donors (Lipinski definition) is 1. The van der Waals surface area contributed by atoms with Gasteiger partial charge in [-0.05, 0) is 25.1 Å². The molecule has 1 aromatic heterocycles. The maximum atomic E-state index is 13.6. The van der Waals surface area contributed by atoms with Gasteiger partial charge in [0.1, 0.15) is 22.9 Å². The van der Waals surface area contributed by atoms with Gasteiger partial charge < -0.3 is 9.84 Å². The number of halogens is 2. The molecule has 0 fully saturated rings. The lowest BCUT2D eigenvalue weighted by Crippen LogP contribution is -2.23. The topological polar surface area (TPSA) is 59.4 Å². The average molecular weight is 253 g/mol. The van der Waals surface area contributed by atoms with Gasteiger partial charge in [-0.3, -0.25) is 4.98 Å². The van der Waals surface area contributed by atoms with Crippen LogP contribution in [0.2, 0.25) is 0 Å². The van der Waals surface area contributed by atoms with E-state index in [-0.39, 0.29) is 16.7 Å². The number of aliphatic carboxylic acids is 1. The molecule has 1 N–H and O–H groups in total. The van der Waals surface area contributed by atoms with Crippen molar-refractivity contribution in [2.75, 3.05) is 0 Å². The summed E-state index contributed by atoms with van der Waals surface area (Å²) >= 11 is 0. The Balaban J connectivity index is 2.58. The van der Waals surface area contributed by atoms with Crippen molar-refractivity contribution in [1.29, 1.82) is 0 Å². The van der Waals surface area contributed by atoms with Crippen LogP contribution in [-0.4, -0.2) is 22.2 Å². The molecule has 0 aliphatic carbocycles. The summed E-state index contributed by atoms with van der Waals surface area (Å²) in [6, 6.07) is 3.19. The van der Waals surface area contributed by atoms with E-state index in [1.54, 1.807) is 0 Å². The molecule has 6 heteroatoms. The summed E-state index contributed by atoms with van der Waals surface area (Å²) in [6.07, 6.45) is 0.0626. The number of aromatic nitrogens is 1. The molecular formula is C12H9F2NO3. The Hall–Kier alpha value is -2.24. The number of carboxylic acid groups (broad SMARTS) is 1. The minimum absolute atomic E-state index is 0.0492. The fraction of sp³-hybridized carbons (Fsp3) is 0.167. The summed E-state index contributed by atoms with van der Waals surface area (Å²) in [4.78, 5) is 14.4. The lowest BCUT2D eigenvalue weighted by molar-refractivity contribution is -0.144. The number of pyridine rings is 1. The highest BCUT2D eigenvalue weighted by Gasteiger charge is 2.17. The number of fused-ring (bicyclic) bond motifs is 1. The summed E-state index contributed by atoms with van der Waals surface area (Å²) in [7, 11) is 0. The van der Waals surface area contributed by atoms with E-state index in [0.717, 1.165) is 12.1 Å². The second-order valence-electron chi connectivity index (χ2n) is 3.66. The van der Waals surface area contributed by atoms with E-state index < -0.39 is 23.7 Å². The van der Waals surface area contributed by atoms with Crippen LogP contribution in [0.15, 0.2) is 24.4 Å². The summed E-state index contributed by atoms with van der Waals surface area (Å²) in [5, 5.41) is 8.57. The van der Waals surface area contributed by atoms with E-state index in [1.807, 2.05) is 0 Å². The second-order valence-corrected chi connectivity index (χ2v) is 3.66. The molecule has 0 saturated carbocycles. The van der Waals surface area contributed by atoms with Crippen LogP contribution in [0.3, 0.4) is 0 Å². The van der Waals surface area contributed by atoms with Crippen LogP contribution in [-0.2, 0) is 4.79 Å². The van der Waals surface area contributed by atoms with Crippen molar-refractivity contribution in [3.8, 4) is 5.75 Å². The van der Waals surface area contributed by atoms with Gasteiger partial charge >= 0.3 is 5.97 Å². The van der Waals surface area contributed by atoms with Crippen LogP contribution in [0, 0.1) is 11.6 Å². The molecular weight excluding hydrogens is 244 g/mol. The molecule has 0 saturated heterocycles. The largest absolute Gasteiger partial charge is 0.479 e. The molecule has 1 heterocycles. The fourth-order valence-corrected chi connectivity index (χ4v) is 1.50. The number of hydrogen-bond acceptors (Lipinski definition) is 3. The number of carbonyl (C=O) groups is 1. The fourth-order valence-electron chi connectivity index (χ4n) is 1.50. The Morgan fingerprint density at radius 1 is 1.33 bits per heavy atom. The smallest absolute Gasteiger partial charge is 0.344 e. The number of nitrogens with zero attached hydrogens (tertiary/aromatic N) is 1. The van der Waals surface area contributed by atoms with Crippen LogP contribution in [0.25, 0.3) is 10.9 Å². The molecule has 1 unspecified atom stereocenters. The van der Waals surface area contributed by atoms with Crippen LogP contribution in [0.4, 0.5) is 8.78 Å². The minimum Gasteiger partial charge on any atom is -0.479 e. The van der Waals surface area contributed by atoms with Gasteiger partial charge in [-0.15, -0.1) is 0 Å². The summed E-state index contributed by atoms with van der Waals surface area (Å²) in [6.45, 7) is 1.30. The highest BCUT2D eigenvalue weighted by Crippen LogP contribution is 2.28. The zero-order valence-corrected chi connectivity index (χ0v) is 9.35. The van der Waals surface area contributed by atoms with Gasteiger partial charge in [0.15, 0.2) is 6.10 Å². The third-order valence-corrected chi connectivity index (χ3v) is 2.41. The first-order valence-electron chi connectivity index (χ1n) is 5.13. The molecule has 18 heavy (non-hydrogen) atoms. The van der Waals surface area contributed by atoms with Crippen LogP contribution in [0.1, 0.15) is 6.92 Å². The van der Waals surface area contributed by atoms with Crippen LogP contribution < -0.4 is 4.74 Å². The van der Waals surface area contributed by atoms with Crippen molar-refractivity contribution in [3.05, 3.63) is 36.0 Å². The van der Waals surface area contributed by atoms with E-state index in [2.05, 4.69) is 4.98 Å². The molecule has 0 amide bonds. The average Bonchev–Trinajstić information content (AvgIpc) is 2.34. The van der Waals surface area contributed by atoms with Crippen molar-refractivity contribution in [1.82, 2.24) is 4.98 Å². The number of benzene rings is 1. The van der Waals surface area contributed by atoms with Crippen molar-refractivity contribution in [2.24, 2.45) is 0 Å². The molecule has 1 atom stereocenters. The molecule has 0 spiro atoms. The SMILES string of the molecule is CC(Oc1ccnc2c(F)ccc(F)c12)C(=O)O. The zero-order chi connectivity index (χ0) is 13.3. The highest BCUT2D eigenvalue weighted by atomic mass is 19.1. The molecule has 0 radical (unpaired) electrons. The first-order chi connectivity index (χ1) is 8.50. The molecule has 2 rings (SSSR count). The van der Waals surface area contributed by atoms with Gasteiger partial charge in [-0.2, -0.15) is 0 Å². The van der Waals surface area contributed by atoms with Crippen molar-refractivity contribution in [3.63, 3.8) is 0 Å². The zero-order valence-electron chi connectivity index (χ0n) is 9.35. The van der Waals surface area contributed by atoms with E-state index in [1.165, 1.54) is 19.2 Å². The van der Waals surface area contributed by atoms with Gasteiger partial charge in [-0.25, -0.2) is 13.6 Å². The Morgan fingerprint density at radius 3 is 2.67 bits per heavy atom. The Kier molecular flexibility index (Phi) is 3.10. The van der Waals surface area contributed by atoms with Crippen molar-refractivity contribution in [2.45, 2.75) is 13.0 Å². The monoisotopic (exact) mass is 253 g/mol. The quantitative estimate of drug-likeness (QED) is 0.912. The number of ether oxygens (including phenoxy) is 1. The van der Waals surface area contributed by atoms with Gasteiger partial charge in [0.25, 0.3) is 0 Å². The summed E-state index contributed by atoms with van der Waals surface area (Å²) in [5.74, 6) is -2.66. The molecule has 0 aliphatic heterocycles. The van der Waals surface area contributed by atoms with Gasteiger partial charge in [0.2, 0.25) is 0 Å². The molecule has 0 aliphatic rings. The van der Waals surface area contributed by atoms with Crippen LogP contribution >= 0.6 is 0 Å². The van der Waals surface area contributed by atoms with E-state index in [9.17, 15) is 13.6 Å². The third kappa shape index (κ3) is 2.09. The lowest BCUT2D eigenvalue weighted by atomic mass is 10.2. The summed E-state index contributed by atoms with van der Waals surface area (Å²) in [5.41, 5.74) is -0.190. The Bertz CT molecular complexity index is 616. The summed E-state index contributed by atoms with van der Waals surface area (Å²) < 4.78 is 32.2. The minimum atomic E-state index is -1.20. The lowest BCUT2D eigenvalue weighted by Gasteiger charge is -2.12. The molecule has 1 aromatic carbocycles. The normalized spacial score (nSPS) is 12.4. The standard InChI is InChI=1S/C12H9F2NO3/c1-6(12(16)17)18-9-4-5-15-11-8(14)3-2-7(13)10(9)11/h2-6H,1H3,(H,16,17). The Labute approximate surface area is 101 Å². The maximum absolute atomic E-state index is 13.6. The van der Waals surface area contributed by atoms with Crippen molar-refractivity contribution < 1.29 is 23.4 Å². The van der Waals surface area contributed by atoms with Crippen molar-refractivity contribution >= 4 is 16.9 Å². The molecule has 94 valence electrons. The molecule has 2 aromatic rings.